The van der Waals surface area contributed by atoms with Gasteiger partial charge in [0.1, 0.15) is 0 Å². The van der Waals surface area contributed by atoms with Crippen molar-refractivity contribution in [3.63, 3.8) is 0 Å². The highest BCUT2D eigenvalue weighted by atomic mass is 16.1. The Bertz CT molecular complexity index is 396. The van der Waals surface area contributed by atoms with Crippen LogP contribution in [0.3, 0.4) is 0 Å². The highest BCUT2D eigenvalue weighted by Crippen LogP contribution is 2.01. The predicted molar refractivity (Wildman–Crippen MR) is 97.0 cm³/mol. The molecule has 0 saturated heterocycles. The third-order valence-electron chi connectivity index (χ3n) is 1.97. The van der Waals surface area contributed by atoms with Crippen molar-refractivity contribution in [2.45, 2.75) is 41.5 Å². The average molecular weight is 289 g/mol. The van der Waals surface area contributed by atoms with Crippen molar-refractivity contribution in [3.05, 3.63) is 73.0 Å². The van der Waals surface area contributed by atoms with Crippen LogP contribution in [0.1, 0.15) is 41.5 Å². The average Bonchev–Trinajstić information content (AvgIpc) is 2.55. The van der Waals surface area contributed by atoms with E-state index in [1.165, 1.54) is 0 Å². The molecule has 0 fully saturated rings. The van der Waals surface area contributed by atoms with Crippen molar-refractivity contribution in [2.24, 2.45) is 0 Å². The molecule has 0 radical (unpaired) electrons. The lowest BCUT2D eigenvalue weighted by molar-refractivity contribution is -0.116. The highest BCUT2D eigenvalue weighted by Gasteiger charge is 2.04. The molecule has 0 atom stereocenters. The molecular formula is C19H31NO. The molecule has 0 aromatic carbocycles. The van der Waals surface area contributed by atoms with Crippen LogP contribution in [0.2, 0.25) is 0 Å². The van der Waals surface area contributed by atoms with Gasteiger partial charge in [-0.25, -0.2) is 0 Å². The molecule has 0 aromatic heterocycles. The second kappa shape index (κ2) is 20.2. The van der Waals surface area contributed by atoms with Crippen molar-refractivity contribution in [1.29, 1.82) is 0 Å². The third kappa shape index (κ3) is 14.1. The zero-order valence-electron chi connectivity index (χ0n) is 14.4. The van der Waals surface area contributed by atoms with Gasteiger partial charge >= 0.3 is 0 Å². The first kappa shape index (κ1) is 24.0. The lowest BCUT2D eigenvalue weighted by Crippen LogP contribution is -2.22. The maximum absolute atomic E-state index is 11.8. The molecule has 118 valence electrons. The number of hydrogen-bond acceptors (Lipinski definition) is 1. The fraction of sp³-hybridized carbons (Fsp3) is 0.316. The lowest BCUT2D eigenvalue weighted by atomic mass is 10.2. The Labute approximate surface area is 131 Å². The summed E-state index contributed by atoms with van der Waals surface area (Å²) < 4.78 is 0. The summed E-state index contributed by atoms with van der Waals surface area (Å²) in [7, 11) is 0. The van der Waals surface area contributed by atoms with Gasteiger partial charge in [0.2, 0.25) is 0 Å². The van der Waals surface area contributed by atoms with E-state index in [1.807, 2.05) is 47.6 Å². The van der Waals surface area contributed by atoms with Gasteiger partial charge in [0.25, 0.3) is 5.91 Å². The third-order valence-corrected chi connectivity index (χ3v) is 1.97. The van der Waals surface area contributed by atoms with E-state index in [4.69, 9.17) is 0 Å². The molecule has 21 heavy (non-hydrogen) atoms. The minimum absolute atomic E-state index is 0.146. The Hall–Kier alpha value is -2.09. The number of carbonyl (C=O) groups is 1. The van der Waals surface area contributed by atoms with E-state index in [1.54, 1.807) is 42.5 Å². The van der Waals surface area contributed by atoms with Crippen molar-refractivity contribution < 1.29 is 4.79 Å². The number of amides is 1. The van der Waals surface area contributed by atoms with E-state index in [2.05, 4.69) is 18.5 Å². The summed E-state index contributed by atoms with van der Waals surface area (Å²) in [4.78, 5) is 11.8. The molecule has 0 saturated carbocycles. The Morgan fingerprint density at radius 3 is 1.71 bits per heavy atom. The first-order valence-corrected chi connectivity index (χ1v) is 7.41. The number of nitrogens with one attached hydrogen (secondary N) is 1. The molecule has 0 bridgehead atoms. The molecule has 0 aliphatic heterocycles. The second-order valence-electron chi connectivity index (χ2n) is 3.13. The Kier molecular flexibility index (Phi) is 23.1. The number of rotatable bonds is 6. The molecular weight excluding hydrogens is 258 g/mol. The van der Waals surface area contributed by atoms with Gasteiger partial charge in [0.05, 0.1) is 0 Å². The summed E-state index contributed by atoms with van der Waals surface area (Å²) >= 11 is 0. The van der Waals surface area contributed by atoms with Crippen molar-refractivity contribution in [3.8, 4) is 0 Å². The normalized spacial score (nSPS) is 11.1. The molecule has 0 rings (SSSR count). The molecule has 2 nitrogen and oxygen atoms in total. The fourth-order valence-corrected chi connectivity index (χ4v) is 1.06. The number of hydrogen-bond donors (Lipinski definition) is 1. The smallest absolute Gasteiger partial charge is 0.255 e. The summed E-state index contributed by atoms with van der Waals surface area (Å²) in [6.45, 7) is 18.8. The van der Waals surface area contributed by atoms with Crippen LogP contribution in [-0.4, -0.2) is 5.91 Å². The predicted octanol–water partition coefficient (Wildman–Crippen LogP) is 5.49. The largest absolute Gasteiger partial charge is 0.322 e. The molecule has 0 aromatic rings. The molecule has 2 heteroatoms. The second-order valence-corrected chi connectivity index (χ2v) is 3.13. The highest BCUT2D eigenvalue weighted by molar-refractivity contribution is 5.97. The van der Waals surface area contributed by atoms with Crippen molar-refractivity contribution in [2.75, 3.05) is 0 Å². The van der Waals surface area contributed by atoms with Crippen molar-refractivity contribution >= 4 is 5.91 Å². The molecule has 1 amide bonds. The zero-order valence-corrected chi connectivity index (χ0v) is 14.4. The van der Waals surface area contributed by atoms with Crippen LogP contribution in [0.25, 0.3) is 0 Å². The van der Waals surface area contributed by atoms with Crippen LogP contribution in [0.4, 0.5) is 0 Å². The van der Waals surface area contributed by atoms with Gasteiger partial charge in [-0.3, -0.25) is 4.79 Å². The fourth-order valence-electron chi connectivity index (χ4n) is 1.06. The quantitative estimate of drug-likeness (QED) is 0.508. The van der Waals surface area contributed by atoms with Gasteiger partial charge in [-0.2, -0.15) is 0 Å². The van der Waals surface area contributed by atoms with E-state index >= 15 is 0 Å². The van der Waals surface area contributed by atoms with E-state index < -0.39 is 0 Å². The SMILES string of the molecule is C=C/C=C\C(=C/C)NC(=O)C(/C=C\C=C)=C/C.CC.CC. The number of carbonyl (C=O) groups excluding carboxylic acids is 1. The van der Waals surface area contributed by atoms with Crippen LogP contribution >= 0.6 is 0 Å². The zero-order chi connectivity index (χ0) is 17.1. The van der Waals surface area contributed by atoms with Gasteiger partial charge in [-0.05, 0) is 26.0 Å². The van der Waals surface area contributed by atoms with Gasteiger partial charge in [-0.15, -0.1) is 0 Å². The molecule has 0 aliphatic rings. The van der Waals surface area contributed by atoms with E-state index in [-0.39, 0.29) is 5.91 Å². The maximum Gasteiger partial charge on any atom is 0.255 e. The summed E-state index contributed by atoms with van der Waals surface area (Å²) in [6, 6.07) is 0. The summed E-state index contributed by atoms with van der Waals surface area (Å²) in [5.41, 5.74) is 1.33. The minimum atomic E-state index is -0.146. The molecule has 0 aliphatic carbocycles. The summed E-state index contributed by atoms with van der Waals surface area (Å²) in [5.74, 6) is -0.146. The summed E-state index contributed by atoms with van der Waals surface area (Å²) in [5, 5.41) is 2.80. The Balaban J connectivity index is -0.000000739. The first-order chi connectivity index (χ1) is 10.2. The van der Waals surface area contributed by atoms with Gasteiger partial charge in [0.15, 0.2) is 0 Å². The van der Waals surface area contributed by atoms with Crippen LogP contribution in [0, 0.1) is 0 Å². The van der Waals surface area contributed by atoms with Gasteiger partial charge in [-0.1, -0.05) is 77.3 Å². The van der Waals surface area contributed by atoms with Crippen LogP contribution in [0.5, 0.6) is 0 Å². The molecule has 0 heterocycles. The first-order valence-electron chi connectivity index (χ1n) is 7.41. The lowest BCUT2D eigenvalue weighted by Gasteiger charge is -2.05. The van der Waals surface area contributed by atoms with Gasteiger partial charge < -0.3 is 5.32 Å². The Morgan fingerprint density at radius 1 is 0.857 bits per heavy atom. The number of allylic oxidation sites excluding steroid dienone is 7. The summed E-state index contributed by atoms with van der Waals surface area (Å²) in [6.07, 6.45) is 13.9. The van der Waals surface area contributed by atoms with Gasteiger partial charge in [0, 0.05) is 11.3 Å². The Morgan fingerprint density at radius 2 is 1.33 bits per heavy atom. The topological polar surface area (TPSA) is 29.1 Å². The maximum atomic E-state index is 11.8. The van der Waals surface area contributed by atoms with Crippen LogP contribution in [-0.2, 0) is 4.79 Å². The standard InChI is InChI=1S/C15H19NO.2C2H6/c1-5-9-11-13(7-3)15(17)16-14(8-4)12-10-6-2;2*1-2/h5-12H,1-2H2,3-4H3,(H,16,17);2*1-2H3/b11-9-,12-10-,13-7+,14-8+;;. The van der Waals surface area contributed by atoms with Crippen molar-refractivity contribution in [1.82, 2.24) is 5.32 Å². The minimum Gasteiger partial charge on any atom is -0.322 e. The molecule has 0 unspecified atom stereocenters. The van der Waals surface area contributed by atoms with E-state index in [0.29, 0.717) is 5.57 Å². The van der Waals surface area contributed by atoms with Crippen LogP contribution in [0.15, 0.2) is 73.0 Å². The molecule has 0 spiro atoms. The van der Waals surface area contributed by atoms with Crippen LogP contribution < -0.4 is 5.32 Å². The monoisotopic (exact) mass is 289 g/mol. The molecule has 1 N–H and O–H groups in total. The van der Waals surface area contributed by atoms with E-state index in [0.717, 1.165) is 5.70 Å². The van der Waals surface area contributed by atoms with E-state index in [9.17, 15) is 4.79 Å².